The van der Waals surface area contributed by atoms with E-state index in [-0.39, 0.29) is 0 Å². The van der Waals surface area contributed by atoms with E-state index in [0.717, 1.165) is 0 Å². The molecule has 1 aromatic carbocycles. The topological polar surface area (TPSA) is 0 Å². The Morgan fingerprint density at radius 3 is 2.67 bits per heavy atom. The highest BCUT2D eigenvalue weighted by molar-refractivity contribution is 5.49. The van der Waals surface area contributed by atoms with Gasteiger partial charge in [0.25, 0.3) is 0 Å². The van der Waals surface area contributed by atoms with Gasteiger partial charge in [-0.25, -0.2) is 0 Å². The molecule has 0 saturated heterocycles. The molecule has 0 amide bonds. The normalized spacial score (nSPS) is 9.83. The van der Waals surface area contributed by atoms with Crippen molar-refractivity contribution < 1.29 is 0 Å². The van der Waals surface area contributed by atoms with E-state index in [1.54, 1.807) is 0 Å². The van der Waals surface area contributed by atoms with E-state index in [1.807, 2.05) is 6.08 Å². The van der Waals surface area contributed by atoms with Crippen LogP contribution in [0, 0.1) is 6.92 Å². The molecule has 0 N–H and O–H groups in total. The van der Waals surface area contributed by atoms with E-state index in [1.165, 1.54) is 29.5 Å². The molecule has 0 unspecified atom stereocenters. The predicted molar refractivity (Wildman–Crippen MR) is 55.3 cm³/mol. The van der Waals surface area contributed by atoms with Crippen molar-refractivity contribution in [1.29, 1.82) is 0 Å². The summed E-state index contributed by atoms with van der Waals surface area (Å²) in [4.78, 5) is 0. The smallest absolute Gasteiger partial charge is 0.0260 e. The average molecular weight is 160 g/mol. The van der Waals surface area contributed by atoms with Crippen LogP contribution in [0.1, 0.15) is 30.0 Å². The minimum Gasteiger partial charge on any atom is -0.0985 e. The standard InChI is InChI=1S/C12H16/c1-4-6-12-8-7-11(5-2)9-10(12)3/h5,7-9H,2,4,6H2,1,3H3. The number of hydrogen-bond donors (Lipinski definition) is 0. The first-order valence-corrected chi connectivity index (χ1v) is 4.50. The molecule has 0 aromatic heterocycles. The maximum absolute atomic E-state index is 3.75. The molecule has 0 aliphatic heterocycles. The number of benzene rings is 1. The summed E-state index contributed by atoms with van der Waals surface area (Å²) in [6, 6.07) is 6.53. The largest absolute Gasteiger partial charge is 0.0985 e. The van der Waals surface area contributed by atoms with Crippen molar-refractivity contribution in [2.75, 3.05) is 0 Å². The van der Waals surface area contributed by atoms with Crippen LogP contribution in [0.25, 0.3) is 6.08 Å². The zero-order valence-corrected chi connectivity index (χ0v) is 7.93. The molecule has 0 radical (unpaired) electrons. The second kappa shape index (κ2) is 4.10. The zero-order chi connectivity index (χ0) is 8.97. The summed E-state index contributed by atoms with van der Waals surface area (Å²) in [5.41, 5.74) is 4.06. The van der Waals surface area contributed by atoms with E-state index < -0.39 is 0 Å². The summed E-state index contributed by atoms with van der Waals surface area (Å²) in [5, 5.41) is 0. The van der Waals surface area contributed by atoms with Gasteiger partial charge in [-0.2, -0.15) is 0 Å². The van der Waals surface area contributed by atoms with Crippen LogP contribution in [0.2, 0.25) is 0 Å². The molecule has 12 heavy (non-hydrogen) atoms. The Labute approximate surface area is 74.9 Å². The van der Waals surface area contributed by atoms with Gasteiger partial charge >= 0.3 is 0 Å². The maximum atomic E-state index is 3.75. The van der Waals surface area contributed by atoms with Crippen LogP contribution in [0.15, 0.2) is 24.8 Å². The first-order valence-electron chi connectivity index (χ1n) is 4.50. The highest BCUT2D eigenvalue weighted by atomic mass is 14.0. The average Bonchev–Trinajstić information content (AvgIpc) is 2.09. The summed E-state index contributed by atoms with van der Waals surface area (Å²) < 4.78 is 0. The summed E-state index contributed by atoms with van der Waals surface area (Å²) in [5.74, 6) is 0. The molecule has 1 aromatic rings. The lowest BCUT2D eigenvalue weighted by Gasteiger charge is -2.04. The molecular formula is C12H16. The zero-order valence-electron chi connectivity index (χ0n) is 7.93. The summed E-state index contributed by atoms with van der Waals surface area (Å²) >= 11 is 0. The fraction of sp³-hybridized carbons (Fsp3) is 0.333. The van der Waals surface area contributed by atoms with Crippen molar-refractivity contribution in [2.24, 2.45) is 0 Å². The van der Waals surface area contributed by atoms with Crippen LogP contribution in [0.3, 0.4) is 0 Å². The lowest BCUT2D eigenvalue weighted by Crippen LogP contribution is -1.88. The second-order valence-corrected chi connectivity index (χ2v) is 3.14. The summed E-state index contributed by atoms with van der Waals surface area (Å²) in [7, 11) is 0. The third-order valence-electron chi connectivity index (χ3n) is 2.12. The molecule has 0 aliphatic rings. The second-order valence-electron chi connectivity index (χ2n) is 3.14. The van der Waals surface area contributed by atoms with Gasteiger partial charge in [-0.15, -0.1) is 0 Å². The highest BCUT2D eigenvalue weighted by Gasteiger charge is 1.96. The van der Waals surface area contributed by atoms with Gasteiger partial charge in [0, 0.05) is 0 Å². The fourth-order valence-corrected chi connectivity index (χ4v) is 1.40. The Kier molecular flexibility index (Phi) is 3.09. The summed E-state index contributed by atoms with van der Waals surface area (Å²) in [6.07, 6.45) is 4.29. The Hall–Kier alpha value is -1.04. The van der Waals surface area contributed by atoms with Crippen LogP contribution >= 0.6 is 0 Å². The van der Waals surface area contributed by atoms with Gasteiger partial charge < -0.3 is 0 Å². The maximum Gasteiger partial charge on any atom is -0.0260 e. The molecule has 0 nitrogen and oxygen atoms in total. The molecule has 1 rings (SSSR count). The summed E-state index contributed by atoms with van der Waals surface area (Å²) in [6.45, 7) is 8.12. The van der Waals surface area contributed by atoms with E-state index >= 15 is 0 Å². The third-order valence-corrected chi connectivity index (χ3v) is 2.12. The van der Waals surface area contributed by atoms with Gasteiger partial charge in [-0.05, 0) is 30.0 Å². The minimum atomic E-state index is 1.18. The first-order chi connectivity index (χ1) is 5.77. The van der Waals surface area contributed by atoms with Gasteiger partial charge in [0.1, 0.15) is 0 Å². The minimum absolute atomic E-state index is 1.18. The van der Waals surface area contributed by atoms with Crippen LogP contribution < -0.4 is 0 Å². The van der Waals surface area contributed by atoms with E-state index in [4.69, 9.17) is 0 Å². The molecular weight excluding hydrogens is 144 g/mol. The van der Waals surface area contributed by atoms with E-state index in [2.05, 4.69) is 38.6 Å². The SMILES string of the molecule is C=Cc1ccc(CCC)c(C)c1. The van der Waals surface area contributed by atoms with Gasteiger partial charge in [0.2, 0.25) is 0 Å². The lowest BCUT2D eigenvalue weighted by atomic mass is 10.0. The molecule has 0 heteroatoms. The quantitative estimate of drug-likeness (QED) is 0.634. The highest BCUT2D eigenvalue weighted by Crippen LogP contribution is 2.13. The molecule has 0 saturated carbocycles. The molecule has 0 fully saturated rings. The van der Waals surface area contributed by atoms with Crippen molar-refractivity contribution in [3.05, 3.63) is 41.5 Å². The van der Waals surface area contributed by atoms with Gasteiger partial charge in [0.05, 0.1) is 0 Å². The first kappa shape index (κ1) is 9.05. The fourth-order valence-electron chi connectivity index (χ4n) is 1.40. The monoisotopic (exact) mass is 160 g/mol. The molecule has 0 heterocycles. The number of rotatable bonds is 3. The Balaban J connectivity index is 2.94. The van der Waals surface area contributed by atoms with Crippen LogP contribution in [-0.4, -0.2) is 0 Å². The van der Waals surface area contributed by atoms with Crippen molar-refractivity contribution in [3.8, 4) is 0 Å². The number of hydrogen-bond acceptors (Lipinski definition) is 0. The molecule has 64 valence electrons. The van der Waals surface area contributed by atoms with Gasteiger partial charge in [-0.3, -0.25) is 0 Å². The van der Waals surface area contributed by atoms with Crippen molar-refractivity contribution in [1.82, 2.24) is 0 Å². The van der Waals surface area contributed by atoms with Crippen LogP contribution in [0.5, 0.6) is 0 Å². The van der Waals surface area contributed by atoms with Crippen LogP contribution in [0.4, 0.5) is 0 Å². The van der Waals surface area contributed by atoms with E-state index in [9.17, 15) is 0 Å². The van der Waals surface area contributed by atoms with Crippen LogP contribution in [-0.2, 0) is 6.42 Å². The molecule has 0 bridgehead atoms. The van der Waals surface area contributed by atoms with Crippen molar-refractivity contribution >= 4 is 6.08 Å². The van der Waals surface area contributed by atoms with E-state index in [0.29, 0.717) is 0 Å². The Bertz CT molecular complexity index is 271. The number of aryl methyl sites for hydroxylation is 2. The molecule has 0 atom stereocenters. The Morgan fingerprint density at radius 1 is 1.42 bits per heavy atom. The predicted octanol–water partition coefficient (Wildman–Crippen LogP) is 3.59. The molecule has 0 aliphatic carbocycles. The van der Waals surface area contributed by atoms with Gasteiger partial charge in [0.15, 0.2) is 0 Å². The van der Waals surface area contributed by atoms with Crippen molar-refractivity contribution in [3.63, 3.8) is 0 Å². The Morgan fingerprint density at radius 2 is 2.17 bits per heavy atom. The third kappa shape index (κ3) is 1.97. The van der Waals surface area contributed by atoms with Gasteiger partial charge in [-0.1, -0.05) is 44.2 Å². The van der Waals surface area contributed by atoms with Crippen molar-refractivity contribution in [2.45, 2.75) is 26.7 Å². The lowest BCUT2D eigenvalue weighted by molar-refractivity contribution is 0.912. The molecule has 0 spiro atoms.